The zero-order valence-corrected chi connectivity index (χ0v) is 10.0. The molecule has 0 aliphatic heterocycles. The van der Waals surface area contributed by atoms with E-state index in [4.69, 9.17) is 11.6 Å². The lowest BCUT2D eigenvalue weighted by Gasteiger charge is -2.08. The van der Waals surface area contributed by atoms with Crippen molar-refractivity contribution in [3.8, 4) is 11.4 Å². The van der Waals surface area contributed by atoms with E-state index in [0.29, 0.717) is 18.0 Å². The summed E-state index contributed by atoms with van der Waals surface area (Å²) in [7, 11) is 0. The van der Waals surface area contributed by atoms with E-state index >= 15 is 0 Å². The summed E-state index contributed by atoms with van der Waals surface area (Å²) in [5, 5.41) is 0. The molecule has 0 fully saturated rings. The summed E-state index contributed by atoms with van der Waals surface area (Å²) in [5.41, 5.74) is 0.0480. The lowest BCUT2D eigenvalue weighted by molar-refractivity contribution is 0.340. The maximum atomic E-state index is 12.0. The topological polar surface area (TPSA) is 31.2 Å². The lowest BCUT2D eigenvalue weighted by Crippen LogP contribution is -2.16. The molecule has 0 bridgehead atoms. The first-order chi connectivity index (χ1) is 10.7. The second kappa shape index (κ2) is 5.54. The molecule has 1 aromatic heterocycles. The molecule has 94 valence electrons. The number of rotatable bonds is 4. The SMILES string of the molecule is [2H]C([2H])([2H])C([2H])([2H])c1ccc(=O)n(-c2ccc(OCC)cc2)c1. The summed E-state index contributed by atoms with van der Waals surface area (Å²) >= 11 is 0. The van der Waals surface area contributed by atoms with Crippen LogP contribution >= 0.6 is 0 Å². The van der Waals surface area contributed by atoms with Crippen LogP contribution < -0.4 is 10.3 Å². The fraction of sp³-hybridized carbons (Fsp3) is 0.267. The van der Waals surface area contributed by atoms with Crippen molar-refractivity contribution >= 4 is 0 Å². The van der Waals surface area contributed by atoms with Gasteiger partial charge in [0.2, 0.25) is 0 Å². The van der Waals surface area contributed by atoms with Crippen LogP contribution in [0.1, 0.15) is 26.2 Å². The number of ether oxygens (including phenoxy) is 1. The van der Waals surface area contributed by atoms with Crippen LogP contribution in [-0.2, 0) is 6.37 Å². The molecule has 0 saturated heterocycles. The van der Waals surface area contributed by atoms with Crippen LogP contribution in [0.2, 0.25) is 0 Å². The third-order valence-corrected chi connectivity index (χ3v) is 2.48. The molecule has 0 aliphatic carbocycles. The quantitative estimate of drug-likeness (QED) is 0.833. The third kappa shape index (κ3) is 2.62. The van der Waals surface area contributed by atoms with E-state index in [-0.39, 0.29) is 11.1 Å². The van der Waals surface area contributed by atoms with Gasteiger partial charge in [-0.2, -0.15) is 0 Å². The summed E-state index contributed by atoms with van der Waals surface area (Å²) in [4.78, 5) is 12.0. The van der Waals surface area contributed by atoms with Crippen molar-refractivity contribution in [1.29, 1.82) is 0 Å². The van der Waals surface area contributed by atoms with Crippen molar-refractivity contribution in [3.63, 3.8) is 0 Å². The van der Waals surface area contributed by atoms with Crippen LogP contribution in [0.5, 0.6) is 5.75 Å². The van der Waals surface area contributed by atoms with E-state index in [2.05, 4.69) is 0 Å². The molecule has 0 N–H and O–H groups in total. The van der Waals surface area contributed by atoms with Gasteiger partial charge in [0.05, 0.1) is 6.61 Å². The molecule has 2 rings (SSSR count). The molecule has 0 unspecified atom stereocenters. The minimum atomic E-state index is -2.83. The molecular formula is C15H17NO2. The number of hydrogen-bond donors (Lipinski definition) is 0. The Bertz CT molecular complexity index is 735. The number of benzene rings is 1. The van der Waals surface area contributed by atoms with Crippen LogP contribution in [0.3, 0.4) is 0 Å². The van der Waals surface area contributed by atoms with Gasteiger partial charge in [0.15, 0.2) is 0 Å². The van der Waals surface area contributed by atoms with Crippen LogP contribution in [0.4, 0.5) is 0 Å². The van der Waals surface area contributed by atoms with Gasteiger partial charge in [-0.3, -0.25) is 9.36 Å². The van der Waals surface area contributed by atoms with Crippen molar-refractivity contribution in [2.75, 3.05) is 6.61 Å². The summed E-state index contributed by atoms with van der Waals surface area (Å²) in [6.07, 6.45) is -1.32. The van der Waals surface area contributed by atoms with Crippen LogP contribution in [0.15, 0.2) is 47.4 Å². The normalized spacial score (nSPS) is 15.9. The zero-order chi connectivity index (χ0) is 17.3. The maximum Gasteiger partial charge on any atom is 0.255 e. The minimum Gasteiger partial charge on any atom is -0.494 e. The van der Waals surface area contributed by atoms with E-state index in [1.165, 1.54) is 16.8 Å². The van der Waals surface area contributed by atoms with Gasteiger partial charge in [-0.25, -0.2) is 0 Å². The summed E-state index contributed by atoms with van der Waals surface area (Å²) in [6.45, 7) is -0.444. The monoisotopic (exact) mass is 248 g/mol. The average Bonchev–Trinajstić information content (AvgIpc) is 2.48. The smallest absolute Gasteiger partial charge is 0.255 e. The summed E-state index contributed by atoms with van der Waals surface area (Å²) in [5.74, 6) is 0.651. The van der Waals surface area contributed by atoms with E-state index in [1.807, 2.05) is 6.92 Å². The molecule has 1 heterocycles. The van der Waals surface area contributed by atoms with E-state index in [1.54, 1.807) is 24.3 Å². The van der Waals surface area contributed by atoms with Gasteiger partial charge in [-0.1, -0.05) is 12.9 Å². The Morgan fingerprint density at radius 3 is 2.72 bits per heavy atom. The van der Waals surface area contributed by atoms with Crippen molar-refractivity contribution in [2.45, 2.75) is 20.1 Å². The standard InChI is InChI=1S/C15H17NO2/c1-3-12-5-10-15(17)16(11-12)13-6-8-14(9-7-13)18-4-2/h5-11H,3-4H2,1-2H3/i1D3,3D2. The van der Waals surface area contributed by atoms with Gasteiger partial charge >= 0.3 is 0 Å². The fourth-order valence-corrected chi connectivity index (χ4v) is 1.63. The van der Waals surface area contributed by atoms with Gasteiger partial charge in [-0.05, 0) is 43.1 Å². The van der Waals surface area contributed by atoms with Crippen molar-refractivity contribution < 1.29 is 11.6 Å². The number of hydrogen-bond acceptors (Lipinski definition) is 2. The Hall–Kier alpha value is -2.03. The molecular weight excluding hydrogens is 226 g/mol. The molecule has 3 heteroatoms. The largest absolute Gasteiger partial charge is 0.494 e. The maximum absolute atomic E-state index is 12.0. The molecule has 0 aliphatic rings. The Morgan fingerprint density at radius 2 is 2.06 bits per heavy atom. The molecule has 0 saturated carbocycles. The van der Waals surface area contributed by atoms with Crippen LogP contribution in [-0.4, -0.2) is 11.2 Å². The highest BCUT2D eigenvalue weighted by Crippen LogP contribution is 2.14. The van der Waals surface area contributed by atoms with Crippen molar-refractivity contribution in [1.82, 2.24) is 4.57 Å². The fourth-order valence-electron chi connectivity index (χ4n) is 1.63. The molecule has 1 aromatic carbocycles. The molecule has 2 aromatic rings. The second-order valence-corrected chi connectivity index (χ2v) is 3.68. The molecule has 0 atom stereocenters. The lowest BCUT2D eigenvalue weighted by atomic mass is 10.2. The van der Waals surface area contributed by atoms with Gasteiger partial charge in [0, 0.05) is 24.8 Å². The second-order valence-electron chi connectivity index (χ2n) is 3.68. The van der Waals surface area contributed by atoms with Gasteiger partial charge in [0.25, 0.3) is 5.56 Å². The highest BCUT2D eigenvalue weighted by atomic mass is 16.5. The zero-order valence-electron chi connectivity index (χ0n) is 15.0. The van der Waals surface area contributed by atoms with Crippen LogP contribution in [0, 0.1) is 0 Å². The predicted octanol–water partition coefficient (Wildman–Crippen LogP) is 2.80. The minimum absolute atomic E-state index is 0.0778. The van der Waals surface area contributed by atoms with Crippen molar-refractivity contribution in [3.05, 3.63) is 58.5 Å². The number of aromatic nitrogens is 1. The van der Waals surface area contributed by atoms with E-state index in [0.717, 1.165) is 6.07 Å². The first kappa shape index (κ1) is 7.41. The molecule has 18 heavy (non-hydrogen) atoms. The van der Waals surface area contributed by atoms with Gasteiger partial charge in [0.1, 0.15) is 5.75 Å². The molecule has 3 nitrogen and oxygen atoms in total. The Balaban J connectivity index is 2.48. The average molecular weight is 248 g/mol. The molecule has 0 amide bonds. The van der Waals surface area contributed by atoms with Crippen molar-refractivity contribution in [2.24, 2.45) is 0 Å². The highest BCUT2D eigenvalue weighted by molar-refractivity contribution is 5.38. The molecule has 0 spiro atoms. The first-order valence-electron chi connectivity index (χ1n) is 8.13. The van der Waals surface area contributed by atoms with Gasteiger partial charge < -0.3 is 4.74 Å². The third-order valence-electron chi connectivity index (χ3n) is 2.48. The van der Waals surface area contributed by atoms with Crippen LogP contribution in [0.25, 0.3) is 5.69 Å². The number of aryl methyl sites for hydroxylation is 1. The highest BCUT2D eigenvalue weighted by Gasteiger charge is 2.01. The summed E-state index contributed by atoms with van der Waals surface area (Å²) in [6, 6.07) is 9.06. The Morgan fingerprint density at radius 1 is 1.28 bits per heavy atom. The Kier molecular flexibility index (Phi) is 2.28. The van der Waals surface area contributed by atoms with E-state index in [9.17, 15) is 4.79 Å². The summed E-state index contributed by atoms with van der Waals surface area (Å²) < 4.78 is 44.1. The van der Waals surface area contributed by atoms with E-state index < -0.39 is 13.2 Å². The first-order valence-corrected chi connectivity index (χ1v) is 5.63. The predicted molar refractivity (Wildman–Crippen MR) is 72.6 cm³/mol. The van der Waals surface area contributed by atoms with Gasteiger partial charge in [-0.15, -0.1) is 0 Å². The molecule has 0 radical (unpaired) electrons. The number of pyridine rings is 1. The Labute approximate surface area is 114 Å². The number of nitrogens with zero attached hydrogens (tertiary/aromatic N) is 1.